The lowest BCUT2D eigenvalue weighted by atomic mass is 9.84. The van der Waals surface area contributed by atoms with Gasteiger partial charge in [0.2, 0.25) is 0 Å². The molecular formula is C15H28N2O2. The fraction of sp³-hybridized carbons (Fsp3) is 0.933. The van der Waals surface area contributed by atoms with Crippen LogP contribution < -0.4 is 5.32 Å². The minimum atomic E-state index is -0.672. The molecule has 1 aliphatic carbocycles. The second-order valence-electron chi connectivity index (χ2n) is 6.59. The van der Waals surface area contributed by atoms with Gasteiger partial charge in [0.05, 0.1) is 0 Å². The Balaban J connectivity index is 1.93. The van der Waals surface area contributed by atoms with Gasteiger partial charge in [-0.2, -0.15) is 0 Å². The maximum absolute atomic E-state index is 11.6. The lowest BCUT2D eigenvalue weighted by molar-refractivity contribution is -0.146. The molecule has 110 valence electrons. The molecule has 0 amide bonds. The number of rotatable bonds is 5. The number of nitrogens with one attached hydrogen (secondary N) is 1. The van der Waals surface area contributed by atoms with Crippen LogP contribution in [0.4, 0.5) is 0 Å². The van der Waals surface area contributed by atoms with Crippen molar-refractivity contribution < 1.29 is 9.90 Å². The molecule has 4 nitrogen and oxygen atoms in total. The van der Waals surface area contributed by atoms with E-state index in [2.05, 4.69) is 24.1 Å². The minimum absolute atomic E-state index is 0.276. The van der Waals surface area contributed by atoms with E-state index in [0.717, 1.165) is 38.1 Å². The van der Waals surface area contributed by atoms with Crippen LogP contribution in [0.1, 0.15) is 46.0 Å². The first-order valence-corrected chi connectivity index (χ1v) is 7.66. The van der Waals surface area contributed by atoms with E-state index in [0.29, 0.717) is 6.04 Å². The molecule has 4 heteroatoms. The van der Waals surface area contributed by atoms with E-state index in [-0.39, 0.29) is 5.92 Å². The van der Waals surface area contributed by atoms with Crippen molar-refractivity contribution in [1.29, 1.82) is 0 Å². The van der Waals surface area contributed by atoms with Gasteiger partial charge in [0.1, 0.15) is 5.54 Å². The van der Waals surface area contributed by atoms with Crippen molar-refractivity contribution in [2.24, 2.45) is 11.8 Å². The molecule has 1 saturated carbocycles. The van der Waals surface area contributed by atoms with Gasteiger partial charge in [-0.15, -0.1) is 0 Å². The first kappa shape index (κ1) is 14.8. The van der Waals surface area contributed by atoms with Crippen molar-refractivity contribution in [3.8, 4) is 0 Å². The Hall–Kier alpha value is -0.610. The quantitative estimate of drug-likeness (QED) is 0.800. The molecule has 1 saturated heterocycles. The monoisotopic (exact) mass is 268 g/mol. The number of likely N-dealkylation sites (tertiary alicyclic amines) is 1. The normalized spacial score (nSPS) is 39.8. The summed E-state index contributed by atoms with van der Waals surface area (Å²) in [6.45, 7) is 6.82. The maximum atomic E-state index is 11.6. The number of hydrogen-bond acceptors (Lipinski definition) is 3. The van der Waals surface area contributed by atoms with Crippen molar-refractivity contribution in [3.63, 3.8) is 0 Å². The SMILES string of the molecule is CNC1(C(=O)O)CCCC1CCN1CC(C)CC1C. The zero-order valence-corrected chi connectivity index (χ0v) is 12.5. The van der Waals surface area contributed by atoms with Crippen molar-refractivity contribution >= 4 is 5.97 Å². The first-order chi connectivity index (χ1) is 8.99. The van der Waals surface area contributed by atoms with Crippen molar-refractivity contribution in [2.45, 2.75) is 57.5 Å². The molecule has 4 atom stereocenters. The highest BCUT2D eigenvalue weighted by Crippen LogP contribution is 2.38. The zero-order chi connectivity index (χ0) is 14.0. The fourth-order valence-electron chi connectivity index (χ4n) is 4.21. The third kappa shape index (κ3) is 2.79. The van der Waals surface area contributed by atoms with E-state index in [4.69, 9.17) is 0 Å². The predicted molar refractivity (Wildman–Crippen MR) is 76.2 cm³/mol. The van der Waals surface area contributed by atoms with E-state index < -0.39 is 11.5 Å². The van der Waals surface area contributed by atoms with Gasteiger partial charge >= 0.3 is 5.97 Å². The standard InChI is InChI=1S/C15H28N2O2/c1-11-9-12(2)17(10-11)8-6-13-5-4-7-15(13,16-3)14(18)19/h11-13,16H,4-10H2,1-3H3,(H,18,19). The van der Waals surface area contributed by atoms with Crippen LogP contribution in [0, 0.1) is 11.8 Å². The molecule has 0 aromatic carbocycles. The van der Waals surface area contributed by atoms with Gasteiger partial charge in [0, 0.05) is 12.6 Å². The van der Waals surface area contributed by atoms with Crippen molar-refractivity contribution in [3.05, 3.63) is 0 Å². The molecule has 0 spiro atoms. The Morgan fingerprint density at radius 2 is 2.21 bits per heavy atom. The number of likely N-dealkylation sites (N-methyl/N-ethyl adjacent to an activating group) is 1. The smallest absolute Gasteiger partial charge is 0.324 e. The largest absolute Gasteiger partial charge is 0.480 e. The first-order valence-electron chi connectivity index (χ1n) is 7.66. The number of nitrogens with zero attached hydrogens (tertiary/aromatic N) is 1. The molecule has 2 N–H and O–H groups in total. The average molecular weight is 268 g/mol. The third-order valence-electron chi connectivity index (χ3n) is 5.33. The summed E-state index contributed by atoms with van der Waals surface area (Å²) in [6.07, 6.45) is 5.13. The lowest BCUT2D eigenvalue weighted by Gasteiger charge is -2.32. The van der Waals surface area contributed by atoms with Crippen LogP contribution in [0.5, 0.6) is 0 Å². The van der Waals surface area contributed by atoms with Gasteiger partial charge < -0.3 is 15.3 Å². The summed E-state index contributed by atoms with van der Waals surface area (Å²) >= 11 is 0. The summed E-state index contributed by atoms with van der Waals surface area (Å²) in [7, 11) is 1.80. The number of carboxylic acids is 1. The van der Waals surface area contributed by atoms with Crippen LogP contribution in [-0.4, -0.2) is 47.7 Å². The Morgan fingerprint density at radius 3 is 2.74 bits per heavy atom. The molecule has 0 bridgehead atoms. The highest BCUT2D eigenvalue weighted by Gasteiger charge is 2.47. The molecule has 2 aliphatic rings. The topological polar surface area (TPSA) is 52.6 Å². The van der Waals surface area contributed by atoms with Gasteiger partial charge in [-0.25, -0.2) is 0 Å². The molecule has 1 aliphatic heterocycles. The molecule has 0 radical (unpaired) electrons. The van der Waals surface area contributed by atoms with Crippen molar-refractivity contribution in [2.75, 3.05) is 20.1 Å². The number of aliphatic carboxylic acids is 1. The molecule has 1 heterocycles. The van der Waals surface area contributed by atoms with Crippen LogP contribution in [0.25, 0.3) is 0 Å². The zero-order valence-electron chi connectivity index (χ0n) is 12.5. The highest BCUT2D eigenvalue weighted by molar-refractivity contribution is 5.79. The van der Waals surface area contributed by atoms with Gasteiger partial charge in [0.15, 0.2) is 0 Å². The van der Waals surface area contributed by atoms with Gasteiger partial charge in [-0.1, -0.05) is 13.3 Å². The molecule has 2 fully saturated rings. The molecule has 19 heavy (non-hydrogen) atoms. The summed E-state index contributed by atoms with van der Waals surface area (Å²) in [5.41, 5.74) is -0.672. The summed E-state index contributed by atoms with van der Waals surface area (Å²) in [4.78, 5) is 14.1. The van der Waals surface area contributed by atoms with Gasteiger partial charge in [0.25, 0.3) is 0 Å². The van der Waals surface area contributed by atoms with Crippen LogP contribution in [0.3, 0.4) is 0 Å². The van der Waals surface area contributed by atoms with E-state index in [1.807, 2.05) is 0 Å². The fourth-order valence-corrected chi connectivity index (χ4v) is 4.21. The van der Waals surface area contributed by atoms with Crippen molar-refractivity contribution in [1.82, 2.24) is 10.2 Å². The highest BCUT2D eigenvalue weighted by atomic mass is 16.4. The van der Waals surface area contributed by atoms with E-state index in [1.165, 1.54) is 13.0 Å². The molecule has 4 unspecified atom stereocenters. The maximum Gasteiger partial charge on any atom is 0.324 e. The molecule has 2 rings (SSSR count). The second kappa shape index (κ2) is 5.80. The third-order valence-corrected chi connectivity index (χ3v) is 5.33. The summed E-state index contributed by atoms with van der Waals surface area (Å²) in [6, 6.07) is 0.658. The predicted octanol–water partition coefficient (Wildman–Crippen LogP) is 1.95. The van der Waals surface area contributed by atoms with Crippen LogP contribution in [-0.2, 0) is 4.79 Å². The van der Waals surface area contributed by atoms with E-state index in [1.54, 1.807) is 7.05 Å². The summed E-state index contributed by atoms with van der Waals surface area (Å²) < 4.78 is 0. The molecule has 0 aromatic heterocycles. The number of carboxylic acid groups (broad SMARTS) is 1. The number of hydrogen-bond donors (Lipinski definition) is 2. The van der Waals surface area contributed by atoms with Crippen LogP contribution in [0.15, 0.2) is 0 Å². The lowest BCUT2D eigenvalue weighted by Crippen LogP contribution is -2.53. The Kier molecular flexibility index (Phi) is 4.51. The molecule has 0 aromatic rings. The summed E-state index contributed by atoms with van der Waals surface area (Å²) in [5.74, 6) is 0.394. The Labute approximate surface area is 116 Å². The number of carbonyl (C=O) groups is 1. The Morgan fingerprint density at radius 1 is 1.47 bits per heavy atom. The second-order valence-corrected chi connectivity index (χ2v) is 6.59. The van der Waals surface area contributed by atoms with E-state index in [9.17, 15) is 9.90 Å². The Bertz CT molecular complexity index is 334. The average Bonchev–Trinajstić information content (AvgIpc) is 2.90. The van der Waals surface area contributed by atoms with Crippen LogP contribution >= 0.6 is 0 Å². The van der Waals surface area contributed by atoms with E-state index >= 15 is 0 Å². The summed E-state index contributed by atoms with van der Waals surface area (Å²) in [5, 5.41) is 12.6. The molecular weight excluding hydrogens is 240 g/mol. The minimum Gasteiger partial charge on any atom is -0.480 e. The van der Waals surface area contributed by atoms with Gasteiger partial charge in [-0.05, 0) is 58.0 Å². The van der Waals surface area contributed by atoms with Crippen LogP contribution in [0.2, 0.25) is 0 Å². The van der Waals surface area contributed by atoms with Gasteiger partial charge in [-0.3, -0.25) is 4.79 Å².